The van der Waals surface area contributed by atoms with Crippen molar-refractivity contribution >= 4 is 6.09 Å². The van der Waals surface area contributed by atoms with E-state index in [-0.39, 0.29) is 6.09 Å². The first-order valence-corrected chi connectivity index (χ1v) is 3.95. The van der Waals surface area contributed by atoms with Gasteiger partial charge in [0.15, 0.2) is 0 Å². The van der Waals surface area contributed by atoms with Crippen LogP contribution < -0.4 is 5.32 Å². The molecule has 3 nitrogen and oxygen atoms in total. The predicted octanol–water partition coefficient (Wildman–Crippen LogP) is 1.74. The topological polar surface area (TPSA) is 38.3 Å². The molecule has 1 N–H and O–H groups in total. The van der Waals surface area contributed by atoms with Gasteiger partial charge in [-0.1, -0.05) is 26.2 Å². The molecule has 0 spiro atoms. The van der Waals surface area contributed by atoms with Gasteiger partial charge in [-0.15, -0.1) is 0 Å². The minimum atomic E-state index is -0.348. The average Bonchev–Trinajstić information content (AvgIpc) is 2.04. The van der Waals surface area contributed by atoms with Crippen LogP contribution >= 0.6 is 0 Å². The van der Waals surface area contributed by atoms with E-state index in [1.54, 1.807) is 7.05 Å². The van der Waals surface area contributed by atoms with E-state index in [0.717, 1.165) is 25.7 Å². The van der Waals surface area contributed by atoms with E-state index in [2.05, 4.69) is 12.2 Å². The van der Waals surface area contributed by atoms with Gasteiger partial charge in [0.2, 0.25) is 0 Å². The molecule has 0 aromatic rings. The summed E-state index contributed by atoms with van der Waals surface area (Å²) in [6, 6.07) is 0. The van der Waals surface area contributed by atoms with Crippen molar-refractivity contribution < 1.29 is 9.53 Å². The molecule has 0 fully saturated rings. The summed E-state index contributed by atoms with van der Waals surface area (Å²) in [5, 5.41) is 2.38. The highest BCUT2D eigenvalue weighted by atomic mass is 16.5. The van der Waals surface area contributed by atoms with Crippen LogP contribution in [0.1, 0.15) is 25.7 Å². The Morgan fingerprint density at radius 2 is 2.18 bits per heavy atom. The van der Waals surface area contributed by atoms with Gasteiger partial charge in [-0.05, 0) is 6.42 Å². The fourth-order valence-electron chi connectivity index (χ4n) is 0.693. The molecule has 11 heavy (non-hydrogen) atoms. The maximum Gasteiger partial charge on any atom is 0.406 e. The van der Waals surface area contributed by atoms with Crippen LogP contribution in [0.4, 0.5) is 4.79 Å². The molecule has 0 aliphatic carbocycles. The third kappa shape index (κ3) is 7.16. The number of alkyl carbamates (subject to hydrolysis) is 1. The fraction of sp³-hybridized carbons (Fsp3) is 0.750. The van der Waals surface area contributed by atoms with Crippen LogP contribution in [0.5, 0.6) is 0 Å². The quantitative estimate of drug-likeness (QED) is 0.619. The van der Waals surface area contributed by atoms with E-state index >= 15 is 0 Å². The Balaban J connectivity index is 2.95. The van der Waals surface area contributed by atoms with Crippen LogP contribution in [0.3, 0.4) is 0 Å². The van der Waals surface area contributed by atoms with Crippen LogP contribution in [0.15, 0.2) is 0 Å². The Morgan fingerprint density at radius 1 is 1.45 bits per heavy atom. The Hall–Kier alpha value is -0.730. The summed E-state index contributed by atoms with van der Waals surface area (Å²) in [7, 11) is 1.55. The molecule has 0 bridgehead atoms. The second kappa shape index (κ2) is 7.38. The lowest BCUT2D eigenvalue weighted by molar-refractivity contribution is 0.146. The number of amides is 1. The van der Waals surface area contributed by atoms with E-state index in [1.165, 1.54) is 0 Å². The Labute approximate surface area is 68.1 Å². The first-order chi connectivity index (χ1) is 5.31. The average molecular weight is 158 g/mol. The summed E-state index contributed by atoms with van der Waals surface area (Å²) >= 11 is 0. The molecule has 0 saturated carbocycles. The fourth-order valence-corrected chi connectivity index (χ4v) is 0.693. The lowest BCUT2D eigenvalue weighted by Gasteiger charge is -2.02. The third-order valence-corrected chi connectivity index (χ3v) is 1.33. The second-order valence-corrected chi connectivity index (χ2v) is 2.30. The monoisotopic (exact) mass is 158 g/mol. The Kier molecular flexibility index (Phi) is 6.89. The molecule has 0 saturated heterocycles. The van der Waals surface area contributed by atoms with Crippen molar-refractivity contribution in [3.63, 3.8) is 0 Å². The van der Waals surface area contributed by atoms with Gasteiger partial charge in [-0.2, -0.15) is 0 Å². The molecule has 0 heterocycles. The van der Waals surface area contributed by atoms with Crippen LogP contribution in [0, 0.1) is 6.92 Å². The van der Waals surface area contributed by atoms with E-state index in [0.29, 0.717) is 6.61 Å². The smallest absolute Gasteiger partial charge is 0.406 e. The highest BCUT2D eigenvalue weighted by molar-refractivity contribution is 5.66. The van der Waals surface area contributed by atoms with Gasteiger partial charge < -0.3 is 10.1 Å². The van der Waals surface area contributed by atoms with Crippen molar-refractivity contribution in [2.24, 2.45) is 0 Å². The molecule has 3 heteroatoms. The number of carbonyl (C=O) groups is 1. The first-order valence-electron chi connectivity index (χ1n) is 3.95. The van der Waals surface area contributed by atoms with Gasteiger partial charge in [0.1, 0.15) is 0 Å². The molecular weight excluding hydrogens is 142 g/mol. The van der Waals surface area contributed by atoms with Gasteiger partial charge in [0, 0.05) is 7.05 Å². The zero-order chi connectivity index (χ0) is 8.53. The highest BCUT2D eigenvalue weighted by Crippen LogP contribution is 1.98. The van der Waals surface area contributed by atoms with E-state index < -0.39 is 0 Å². The van der Waals surface area contributed by atoms with Crippen molar-refractivity contribution in [1.82, 2.24) is 5.32 Å². The number of ether oxygens (including phenoxy) is 1. The zero-order valence-corrected chi connectivity index (χ0v) is 7.06. The summed E-state index contributed by atoms with van der Waals surface area (Å²) in [5.41, 5.74) is 0. The zero-order valence-electron chi connectivity index (χ0n) is 7.06. The molecule has 0 unspecified atom stereocenters. The minimum absolute atomic E-state index is 0.348. The molecule has 0 aromatic heterocycles. The van der Waals surface area contributed by atoms with Crippen LogP contribution in [-0.4, -0.2) is 19.7 Å². The van der Waals surface area contributed by atoms with E-state index in [9.17, 15) is 4.79 Å². The Morgan fingerprint density at radius 3 is 2.73 bits per heavy atom. The van der Waals surface area contributed by atoms with Crippen LogP contribution in [0.2, 0.25) is 0 Å². The first kappa shape index (κ1) is 10.3. The van der Waals surface area contributed by atoms with E-state index in [1.807, 2.05) is 0 Å². The maximum atomic E-state index is 10.5. The third-order valence-electron chi connectivity index (χ3n) is 1.33. The highest BCUT2D eigenvalue weighted by Gasteiger charge is 1.95. The minimum Gasteiger partial charge on any atom is -0.450 e. The van der Waals surface area contributed by atoms with Gasteiger partial charge in [-0.3, -0.25) is 0 Å². The summed E-state index contributed by atoms with van der Waals surface area (Å²) in [4.78, 5) is 10.5. The number of hydrogen-bond acceptors (Lipinski definition) is 2. The molecule has 0 aromatic carbocycles. The number of carbonyl (C=O) groups excluding carboxylic acids is 1. The molecule has 0 rings (SSSR count). The van der Waals surface area contributed by atoms with Crippen LogP contribution in [0.25, 0.3) is 0 Å². The lowest BCUT2D eigenvalue weighted by atomic mass is 10.2. The number of rotatable bonds is 5. The molecule has 0 atom stereocenters. The number of hydrogen-bond donors (Lipinski definition) is 1. The SMILES string of the molecule is [CH2]CCCCCOC(=O)NC. The van der Waals surface area contributed by atoms with Crippen molar-refractivity contribution in [3.05, 3.63) is 6.92 Å². The lowest BCUT2D eigenvalue weighted by Crippen LogP contribution is -2.19. The summed E-state index contributed by atoms with van der Waals surface area (Å²) in [5.74, 6) is 0. The largest absolute Gasteiger partial charge is 0.450 e. The van der Waals surface area contributed by atoms with Crippen molar-refractivity contribution in [1.29, 1.82) is 0 Å². The van der Waals surface area contributed by atoms with E-state index in [4.69, 9.17) is 4.74 Å². The standard InChI is InChI=1S/C8H16NO2/c1-3-4-5-6-7-11-8(10)9-2/h1,3-7H2,2H3,(H,9,10). The van der Waals surface area contributed by atoms with Crippen molar-refractivity contribution in [2.75, 3.05) is 13.7 Å². The molecule has 0 aliphatic heterocycles. The maximum absolute atomic E-state index is 10.5. The summed E-state index contributed by atoms with van der Waals surface area (Å²) in [6.45, 7) is 4.23. The number of unbranched alkanes of at least 4 members (excludes halogenated alkanes) is 3. The van der Waals surface area contributed by atoms with Gasteiger partial charge >= 0.3 is 6.09 Å². The Bertz CT molecular complexity index is 104. The predicted molar refractivity (Wildman–Crippen MR) is 44.2 cm³/mol. The second-order valence-electron chi connectivity index (χ2n) is 2.30. The molecular formula is C8H16NO2. The summed E-state index contributed by atoms with van der Waals surface area (Å²) in [6.07, 6.45) is 3.74. The molecule has 1 amide bonds. The molecule has 65 valence electrons. The van der Waals surface area contributed by atoms with Crippen LogP contribution in [-0.2, 0) is 4.74 Å². The van der Waals surface area contributed by atoms with Gasteiger partial charge in [0.25, 0.3) is 0 Å². The normalized spacial score (nSPS) is 9.27. The molecule has 1 radical (unpaired) electrons. The van der Waals surface area contributed by atoms with Crippen molar-refractivity contribution in [2.45, 2.75) is 25.7 Å². The van der Waals surface area contributed by atoms with Gasteiger partial charge in [0.05, 0.1) is 6.61 Å². The summed E-state index contributed by atoms with van der Waals surface area (Å²) < 4.78 is 4.77. The van der Waals surface area contributed by atoms with Crippen molar-refractivity contribution in [3.8, 4) is 0 Å². The molecule has 0 aliphatic rings. The van der Waals surface area contributed by atoms with Gasteiger partial charge in [-0.25, -0.2) is 4.79 Å². The number of nitrogens with one attached hydrogen (secondary N) is 1.